The highest BCUT2D eigenvalue weighted by Crippen LogP contribution is 2.36. The minimum Gasteiger partial charge on any atom is -0.415 e. The van der Waals surface area contributed by atoms with Crippen LogP contribution in [0.3, 0.4) is 0 Å². The maximum atomic E-state index is 5.92. The second-order valence-electron chi connectivity index (χ2n) is 6.40. The molecule has 136 valence electrons. The van der Waals surface area contributed by atoms with Gasteiger partial charge >= 0.3 is 0 Å². The molecule has 7 nitrogen and oxygen atoms in total. The van der Waals surface area contributed by atoms with Gasteiger partial charge in [-0.15, -0.1) is 21.5 Å². The Hall–Kier alpha value is -2.84. The molecule has 3 aromatic heterocycles. The van der Waals surface area contributed by atoms with Crippen LogP contribution in [0.25, 0.3) is 32.4 Å². The van der Waals surface area contributed by atoms with Crippen LogP contribution >= 0.6 is 11.3 Å². The second-order valence-corrected chi connectivity index (χ2v) is 7.44. The molecule has 0 spiro atoms. The standard InChI is InChI=1S/C19H17N5O2S/c1-12-2-4-13(5-3-12)17-22-23-18(26-17)15-10-14-16(20-11-21-19(14)27-15)24-6-8-25-9-7-24/h2-5,10-11H,6-9H2,1H3. The summed E-state index contributed by atoms with van der Waals surface area (Å²) in [6, 6.07) is 10.1. The summed E-state index contributed by atoms with van der Waals surface area (Å²) in [5, 5.41) is 9.45. The van der Waals surface area contributed by atoms with E-state index >= 15 is 0 Å². The zero-order valence-corrected chi connectivity index (χ0v) is 15.6. The first-order valence-electron chi connectivity index (χ1n) is 8.76. The van der Waals surface area contributed by atoms with E-state index in [9.17, 15) is 0 Å². The fourth-order valence-corrected chi connectivity index (χ4v) is 4.03. The van der Waals surface area contributed by atoms with Gasteiger partial charge in [0, 0.05) is 18.7 Å². The molecule has 1 fully saturated rings. The molecule has 0 bridgehead atoms. The van der Waals surface area contributed by atoms with E-state index in [1.165, 1.54) is 16.9 Å². The number of hydrogen-bond donors (Lipinski definition) is 0. The van der Waals surface area contributed by atoms with Crippen molar-refractivity contribution >= 4 is 27.4 Å². The Morgan fingerprint density at radius 2 is 1.78 bits per heavy atom. The molecule has 4 heterocycles. The van der Waals surface area contributed by atoms with Crippen molar-refractivity contribution in [2.24, 2.45) is 0 Å². The number of rotatable bonds is 3. The Morgan fingerprint density at radius 1 is 1.00 bits per heavy atom. The van der Waals surface area contributed by atoms with Crippen molar-refractivity contribution in [2.75, 3.05) is 31.2 Å². The minimum absolute atomic E-state index is 0.501. The third kappa shape index (κ3) is 3.07. The maximum Gasteiger partial charge on any atom is 0.258 e. The number of nitrogens with zero attached hydrogens (tertiary/aromatic N) is 5. The van der Waals surface area contributed by atoms with Crippen LogP contribution in [0, 0.1) is 6.92 Å². The van der Waals surface area contributed by atoms with Crippen molar-refractivity contribution in [1.29, 1.82) is 0 Å². The summed E-state index contributed by atoms with van der Waals surface area (Å²) in [5.74, 6) is 1.95. The van der Waals surface area contributed by atoms with Crippen LogP contribution in [-0.4, -0.2) is 46.5 Å². The molecular weight excluding hydrogens is 362 g/mol. The SMILES string of the molecule is Cc1ccc(-c2nnc(-c3cc4c(N5CCOCC5)ncnc4s3)o2)cc1. The Morgan fingerprint density at radius 3 is 2.59 bits per heavy atom. The summed E-state index contributed by atoms with van der Waals surface area (Å²) >= 11 is 1.53. The molecule has 0 N–H and O–H groups in total. The van der Waals surface area contributed by atoms with Crippen LogP contribution in [0.15, 0.2) is 41.1 Å². The van der Waals surface area contributed by atoms with Gasteiger partial charge in [0.1, 0.15) is 17.0 Å². The molecule has 1 aliphatic heterocycles. The van der Waals surface area contributed by atoms with Crippen molar-refractivity contribution < 1.29 is 9.15 Å². The Kier molecular flexibility index (Phi) is 4.06. The van der Waals surface area contributed by atoms with Gasteiger partial charge in [0.15, 0.2) is 0 Å². The van der Waals surface area contributed by atoms with E-state index in [0.29, 0.717) is 25.0 Å². The highest BCUT2D eigenvalue weighted by Gasteiger charge is 2.20. The van der Waals surface area contributed by atoms with Gasteiger partial charge in [0.05, 0.1) is 23.5 Å². The third-order valence-electron chi connectivity index (χ3n) is 4.55. The molecule has 0 aliphatic carbocycles. The van der Waals surface area contributed by atoms with Crippen molar-refractivity contribution in [3.63, 3.8) is 0 Å². The summed E-state index contributed by atoms with van der Waals surface area (Å²) in [5.41, 5.74) is 2.10. The van der Waals surface area contributed by atoms with Crippen LogP contribution < -0.4 is 4.90 Å². The van der Waals surface area contributed by atoms with Gasteiger partial charge in [-0.3, -0.25) is 0 Å². The maximum absolute atomic E-state index is 5.92. The van der Waals surface area contributed by atoms with Crippen LogP contribution in [-0.2, 0) is 4.74 Å². The lowest BCUT2D eigenvalue weighted by molar-refractivity contribution is 0.122. The van der Waals surface area contributed by atoms with E-state index < -0.39 is 0 Å². The number of anilines is 1. The second kappa shape index (κ2) is 6.71. The predicted octanol–water partition coefficient (Wildman–Crippen LogP) is 3.55. The number of aryl methyl sites for hydroxylation is 1. The smallest absolute Gasteiger partial charge is 0.258 e. The van der Waals surface area contributed by atoms with E-state index in [1.54, 1.807) is 6.33 Å². The normalized spacial score (nSPS) is 14.8. The van der Waals surface area contributed by atoms with E-state index in [1.807, 2.05) is 37.3 Å². The largest absolute Gasteiger partial charge is 0.415 e. The fourth-order valence-electron chi connectivity index (χ4n) is 3.11. The molecule has 0 saturated carbocycles. The molecule has 1 saturated heterocycles. The minimum atomic E-state index is 0.501. The van der Waals surface area contributed by atoms with Gasteiger partial charge in [-0.1, -0.05) is 17.7 Å². The van der Waals surface area contributed by atoms with E-state index in [0.717, 1.165) is 39.6 Å². The third-order valence-corrected chi connectivity index (χ3v) is 5.58. The number of ether oxygens (including phenoxy) is 1. The van der Waals surface area contributed by atoms with Crippen molar-refractivity contribution in [3.8, 4) is 22.2 Å². The zero-order chi connectivity index (χ0) is 18.2. The zero-order valence-electron chi connectivity index (χ0n) is 14.8. The van der Waals surface area contributed by atoms with E-state index in [2.05, 4.69) is 25.1 Å². The topological polar surface area (TPSA) is 77.2 Å². The number of benzene rings is 1. The number of fused-ring (bicyclic) bond motifs is 1. The Labute approximate surface area is 159 Å². The first kappa shape index (κ1) is 16.3. The quantitative estimate of drug-likeness (QED) is 0.539. The van der Waals surface area contributed by atoms with Gasteiger partial charge in [0.25, 0.3) is 5.89 Å². The summed E-state index contributed by atoms with van der Waals surface area (Å²) < 4.78 is 11.4. The van der Waals surface area contributed by atoms with Gasteiger partial charge in [-0.05, 0) is 25.1 Å². The van der Waals surface area contributed by atoms with Crippen LogP contribution in [0.2, 0.25) is 0 Å². The summed E-state index contributed by atoms with van der Waals surface area (Å²) in [6.07, 6.45) is 1.61. The Balaban J connectivity index is 1.51. The summed E-state index contributed by atoms with van der Waals surface area (Å²) in [7, 11) is 0. The first-order chi connectivity index (χ1) is 13.3. The van der Waals surface area contributed by atoms with Crippen LogP contribution in [0.1, 0.15) is 5.56 Å². The fraction of sp³-hybridized carbons (Fsp3) is 0.263. The molecule has 4 aromatic rings. The predicted molar refractivity (Wildman–Crippen MR) is 104 cm³/mol. The lowest BCUT2D eigenvalue weighted by Crippen LogP contribution is -2.36. The molecule has 0 unspecified atom stereocenters. The molecule has 0 amide bonds. The number of hydrogen-bond acceptors (Lipinski definition) is 8. The highest BCUT2D eigenvalue weighted by atomic mass is 32.1. The molecule has 27 heavy (non-hydrogen) atoms. The lowest BCUT2D eigenvalue weighted by Gasteiger charge is -2.28. The highest BCUT2D eigenvalue weighted by molar-refractivity contribution is 7.21. The van der Waals surface area contributed by atoms with Crippen molar-refractivity contribution in [1.82, 2.24) is 20.2 Å². The first-order valence-corrected chi connectivity index (χ1v) is 9.58. The van der Waals surface area contributed by atoms with Gasteiger partial charge < -0.3 is 14.1 Å². The molecule has 1 aromatic carbocycles. The van der Waals surface area contributed by atoms with Crippen molar-refractivity contribution in [3.05, 3.63) is 42.2 Å². The number of morpholine rings is 1. The van der Waals surface area contributed by atoms with Crippen molar-refractivity contribution in [2.45, 2.75) is 6.92 Å². The molecule has 8 heteroatoms. The van der Waals surface area contributed by atoms with E-state index in [4.69, 9.17) is 9.15 Å². The average Bonchev–Trinajstić information content (AvgIpc) is 3.36. The van der Waals surface area contributed by atoms with Gasteiger partial charge in [-0.25, -0.2) is 9.97 Å². The monoisotopic (exact) mass is 379 g/mol. The summed E-state index contributed by atoms with van der Waals surface area (Å²) in [4.78, 5) is 13.0. The van der Waals surface area contributed by atoms with Gasteiger partial charge in [0.2, 0.25) is 5.89 Å². The molecule has 1 aliphatic rings. The lowest BCUT2D eigenvalue weighted by atomic mass is 10.1. The number of thiophene rings is 1. The molecule has 0 atom stereocenters. The molecule has 5 rings (SSSR count). The molecule has 0 radical (unpaired) electrons. The number of aromatic nitrogens is 4. The van der Waals surface area contributed by atoms with E-state index in [-0.39, 0.29) is 0 Å². The van der Waals surface area contributed by atoms with Crippen LogP contribution in [0.4, 0.5) is 5.82 Å². The average molecular weight is 379 g/mol. The summed E-state index contributed by atoms with van der Waals surface area (Å²) in [6.45, 7) is 5.14. The van der Waals surface area contributed by atoms with Gasteiger partial charge in [-0.2, -0.15) is 0 Å². The Bertz CT molecular complexity index is 1080. The van der Waals surface area contributed by atoms with Crippen LogP contribution in [0.5, 0.6) is 0 Å². The molecular formula is C19H17N5O2S.